The Labute approximate surface area is 136 Å². The average Bonchev–Trinajstić information content (AvgIpc) is 3.13. The van der Waals surface area contributed by atoms with E-state index in [4.69, 9.17) is 16.9 Å². The standard InChI is InChI=1S/C18H21ClN2O/c1-12-4-13(2-3-15(12)9-20)10-21(18(22)8-19)11-14-5-16-7-17(16)6-14/h2-4,14,16-17H,5-8,10-11H2,1H3. The average molecular weight is 317 g/mol. The molecule has 2 aliphatic carbocycles. The second kappa shape index (κ2) is 6.30. The van der Waals surface area contributed by atoms with Gasteiger partial charge in [0.15, 0.2) is 0 Å². The van der Waals surface area contributed by atoms with Gasteiger partial charge >= 0.3 is 0 Å². The summed E-state index contributed by atoms with van der Waals surface area (Å²) in [6, 6.07) is 7.94. The van der Waals surface area contributed by atoms with Gasteiger partial charge in [-0.25, -0.2) is 0 Å². The summed E-state index contributed by atoms with van der Waals surface area (Å²) in [7, 11) is 0. The Balaban J connectivity index is 1.68. The minimum absolute atomic E-state index is 0.00394. The minimum Gasteiger partial charge on any atom is -0.337 e. The minimum atomic E-state index is 0.00394. The highest BCUT2D eigenvalue weighted by atomic mass is 35.5. The van der Waals surface area contributed by atoms with Crippen molar-refractivity contribution in [3.05, 3.63) is 34.9 Å². The molecule has 1 aromatic rings. The van der Waals surface area contributed by atoms with Gasteiger partial charge in [-0.05, 0) is 61.1 Å². The lowest BCUT2D eigenvalue weighted by atomic mass is 10.0. The first-order chi connectivity index (χ1) is 10.6. The molecule has 2 saturated carbocycles. The van der Waals surface area contributed by atoms with Crippen LogP contribution in [0, 0.1) is 36.0 Å². The number of alkyl halides is 1. The number of rotatable bonds is 5. The van der Waals surface area contributed by atoms with E-state index in [0.29, 0.717) is 18.0 Å². The highest BCUT2D eigenvalue weighted by Gasteiger charge is 2.46. The normalized spacial score (nSPS) is 25.4. The number of nitriles is 1. The van der Waals surface area contributed by atoms with Gasteiger partial charge in [0.1, 0.15) is 5.88 Å². The van der Waals surface area contributed by atoms with Gasteiger partial charge in [0.05, 0.1) is 11.6 Å². The van der Waals surface area contributed by atoms with Crippen molar-refractivity contribution in [2.45, 2.75) is 32.7 Å². The molecule has 0 saturated heterocycles. The number of aryl methyl sites for hydroxylation is 1. The van der Waals surface area contributed by atoms with Crippen LogP contribution in [-0.4, -0.2) is 23.2 Å². The van der Waals surface area contributed by atoms with Crippen LogP contribution in [0.4, 0.5) is 0 Å². The number of benzene rings is 1. The van der Waals surface area contributed by atoms with Gasteiger partial charge in [-0.3, -0.25) is 4.79 Å². The Bertz CT molecular complexity index is 612. The fourth-order valence-corrected chi connectivity index (χ4v) is 3.98. The summed E-state index contributed by atoms with van der Waals surface area (Å²) in [5, 5.41) is 9.00. The number of carbonyl (C=O) groups excluding carboxylic acids is 1. The van der Waals surface area contributed by atoms with Crippen LogP contribution in [0.25, 0.3) is 0 Å². The molecule has 3 nitrogen and oxygen atoms in total. The molecule has 2 unspecified atom stereocenters. The molecule has 3 rings (SSSR count). The summed E-state index contributed by atoms with van der Waals surface area (Å²) < 4.78 is 0. The first-order valence-corrected chi connectivity index (χ1v) is 8.47. The summed E-state index contributed by atoms with van der Waals surface area (Å²) in [5.74, 6) is 2.53. The molecule has 22 heavy (non-hydrogen) atoms. The Hall–Kier alpha value is -1.53. The molecule has 116 valence electrons. The molecule has 0 N–H and O–H groups in total. The van der Waals surface area contributed by atoms with E-state index in [2.05, 4.69) is 6.07 Å². The molecule has 2 atom stereocenters. The Morgan fingerprint density at radius 3 is 2.68 bits per heavy atom. The van der Waals surface area contributed by atoms with Crippen molar-refractivity contribution in [3.63, 3.8) is 0 Å². The summed E-state index contributed by atoms with van der Waals surface area (Å²) in [4.78, 5) is 14.0. The van der Waals surface area contributed by atoms with Gasteiger partial charge in [-0.2, -0.15) is 5.26 Å². The van der Waals surface area contributed by atoms with E-state index in [-0.39, 0.29) is 11.8 Å². The first-order valence-electron chi connectivity index (χ1n) is 7.94. The molecule has 0 aromatic heterocycles. The van der Waals surface area contributed by atoms with E-state index in [1.807, 2.05) is 30.0 Å². The lowest BCUT2D eigenvalue weighted by molar-refractivity contribution is -0.129. The van der Waals surface area contributed by atoms with Crippen LogP contribution in [-0.2, 0) is 11.3 Å². The van der Waals surface area contributed by atoms with E-state index >= 15 is 0 Å². The van der Waals surface area contributed by atoms with Crippen LogP contribution in [0.2, 0.25) is 0 Å². The van der Waals surface area contributed by atoms with Gasteiger partial charge in [-0.1, -0.05) is 12.1 Å². The van der Waals surface area contributed by atoms with Crippen LogP contribution in [0.3, 0.4) is 0 Å². The molecule has 1 amide bonds. The van der Waals surface area contributed by atoms with Crippen molar-refractivity contribution in [2.24, 2.45) is 17.8 Å². The monoisotopic (exact) mass is 316 g/mol. The lowest BCUT2D eigenvalue weighted by Gasteiger charge is -2.26. The molecule has 0 aliphatic heterocycles. The Morgan fingerprint density at radius 1 is 1.36 bits per heavy atom. The number of halogens is 1. The quantitative estimate of drug-likeness (QED) is 0.781. The van der Waals surface area contributed by atoms with E-state index in [1.165, 1.54) is 19.3 Å². The summed E-state index contributed by atoms with van der Waals surface area (Å²) in [5.41, 5.74) is 2.72. The number of carbonyl (C=O) groups is 1. The zero-order chi connectivity index (χ0) is 15.7. The third-order valence-electron chi connectivity index (χ3n) is 5.07. The van der Waals surface area contributed by atoms with Crippen molar-refractivity contribution in [1.29, 1.82) is 5.26 Å². The van der Waals surface area contributed by atoms with E-state index < -0.39 is 0 Å². The molecular weight excluding hydrogens is 296 g/mol. The van der Waals surface area contributed by atoms with Gasteiger partial charge in [0.2, 0.25) is 5.91 Å². The second-order valence-corrected chi connectivity index (χ2v) is 7.03. The predicted octanol–water partition coefficient (Wildman–Crippen LogP) is 3.48. The molecule has 4 heteroatoms. The molecule has 2 fully saturated rings. The summed E-state index contributed by atoms with van der Waals surface area (Å²) >= 11 is 5.78. The predicted molar refractivity (Wildman–Crippen MR) is 86.4 cm³/mol. The fourth-order valence-electron chi connectivity index (χ4n) is 3.81. The van der Waals surface area contributed by atoms with Gasteiger partial charge in [-0.15, -0.1) is 11.6 Å². The number of hydrogen-bond donors (Lipinski definition) is 0. The SMILES string of the molecule is Cc1cc(CN(CC2CC3CC3C2)C(=O)CCl)ccc1C#N. The molecule has 0 heterocycles. The maximum absolute atomic E-state index is 12.1. The van der Waals surface area contributed by atoms with Crippen molar-refractivity contribution in [1.82, 2.24) is 4.90 Å². The lowest BCUT2D eigenvalue weighted by Crippen LogP contribution is -2.35. The van der Waals surface area contributed by atoms with Crippen LogP contribution >= 0.6 is 11.6 Å². The molecular formula is C18H21ClN2O. The van der Waals surface area contributed by atoms with Crippen LogP contribution in [0.5, 0.6) is 0 Å². The first kappa shape index (κ1) is 15.4. The third kappa shape index (κ3) is 3.28. The van der Waals surface area contributed by atoms with Crippen LogP contribution in [0.1, 0.15) is 36.0 Å². The number of hydrogen-bond acceptors (Lipinski definition) is 2. The third-order valence-corrected chi connectivity index (χ3v) is 5.30. The zero-order valence-corrected chi connectivity index (χ0v) is 13.6. The van der Waals surface area contributed by atoms with E-state index in [1.54, 1.807) is 0 Å². The number of nitrogens with zero attached hydrogens (tertiary/aromatic N) is 2. The van der Waals surface area contributed by atoms with Crippen LogP contribution in [0.15, 0.2) is 18.2 Å². The highest BCUT2D eigenvalue weighted by Crippen LogP contribution is 2.54. The van der Waals surface area contributed by atoms with Crippen molar-refractivity contribution < 1.29 is 4.79 Å². The summed E-state index contributed by atoms with van der Waals surface area (Å²) in [6.07, 6.45) is 3.93. The van der Waals surface area contributed by atoms with Crippen LogP contribution < -0.4 is 0 Å². The van der Waals surface area contributed by atoms with E-state index in [0.717, 1.165) is 29.5 Å². The largest absolute Gasteiger partial charge is 0.337 e. The van der Waals surface area contributed by atoms with Crippen molar-refractivity contribution in [2.75, 3.05) is 12.4 Å². The van der Waals surface area contributed by atoms with Gasteiger partial charge < -0.3 is 4.90 Å². The number of amides is 1. The molecule has 1 aromatic carbocycles. The van der Waals surface area contributed by atoms with Gasteiger partial charge in [0.25, 0.3) is 0 Å². The topological polar surface area (TPSA) is 44.1 Å². The summed E-state index contributed by atoms with van der Waals surface area (Å²) in [6.45, 7) is 3.34. The smallest absolute Gasteiger partial charge is 0.237 e. The Kier molecular flexibility index (Phi) is 4.40. The fraction of sp³-hybridized carbons (Fsp3) is 0.556. The van der Waals surface area contributed by atoms with Crippen molar-refractivity contribution in [3.8, 4) is 6.07 Å². The molecule has 0 radical (unpaired) electrons. The maximum atomic E-state index is 12.1. The molecule has 2 aliphatic rings. The molecule has 0 spiro atoms. The maximum Gasteiger partial charge on any atom is 0.237 e. The van der Waals surface area contributed by atoms with E-state index in [9.17, 15) is 4.79 Å². The Morgan fingerprint density at radius 2 is 2.09 bits per heavy atom. The van der Waals surface area contributed by atoms with Gasteiger partial charge in [0, 0.05) is 13.1 Å². The second-order valence-electron chi connectivity index (χ2n) is 6.76. The molecule has 0 bridgehead atoms. The number of fused-ring (bicyclic) bond motifs is 1. The highest BCUT2D eigenvalue weighted by molar-refractivity contribution is 6.27. The zero-order valence-electron chi connectivity index (χ0n) is 12.9. The van der Waals surface area contributed by atoms with Crippen molar-refractivity contribution >= 4 is 17.5 Å².